The van der Waals surface area contributed by atoms with Crippen molar-refractivity contribution in [1.29, 1.82) is 0 Å². The zero-order chi connectivity index (χ0) is 9.68. The second-order valence-corrected chi connectivity index (χ2v) is 4.93. The van der Waals surface area contributed by atoms with Crippen molar-refractivity contribution < 1.29 is 0 Å². The molecular formula is C13H26. The first kappa shape index (κ1) is 11.1. The quantitative estimate of drug-likeness (QED) is 0.538. The smallest absolute Gasteiger partial charge is 0.0394 e. The standard InChI is InChI=1S/C13H26/c1-4-13(5-2)11(3)7-6-8-12-9-10-12/h11-13H,4-10H2,1-3H3. The molecule has 78 valence electrons. The fraction of sp³-hybridized carbons (Fsp3) is 1.00. The minimum Gasteiger partial charge on any atom is -0.0651 e. The van der Waals surface area contributed by atoms with Crippen LogP contribution in [0.25, 0.3) is 0 Å². The van der Waals surface area contributed by atoms with Gasteiger partial charge in [0.2, 0.25) is 0 Å². The highest BCUT2D eigenvalue weighted by Crippen LogP contribution is 2.35. The SMILES string of the molecule is CCC(CC)C(C)CCCC1CC1. The van der Waals surface area contributed by atoms with E-state index in [-0.39, 0.29) is 0 Å². The van der Waals surface area contributed by atoms with Crippen LogP contribution >= 0.6 is 0 Å². The zero-order valence-electron chi connectivity index (χ0n) is 9.68. The maximum Gasteiger partial charge on any atom is -0.0394 e. The molecule has 1 unspecified atom stereocenters. The Hall–Kier alpha value is 0. The Kier molecular flexibility index (Phi) is 4.83. The molecule has 0 radical (unpaired) electrons. The highest BCUT2D eigenvalue weighted by molar-refractivity contribution is 4.73. The van der Waals surface area contributed by atoms with Gasteiger partial charge in [0.15, 0.2) is 0 Å². The Labute approximate surface area is 84.1 Å². The molecule has 13 heavy (non-hydrogen) atoms. The summed E-state index contributed by atoms with van der Waals surface area (Å²) in [6.45, 7) is 7.13. The van der Waals surface area contributed by atoms with Gasteiger partial charge in [0.25, 0.3) is 0 Å². The van der Waals surface area contributed by atoms with E-state index >= 15 is 0 Å². The van der Waals surface area contributed by atoms with E-state index in [4.69, 9.17) is 0 Å². The van der Waals surface area contributed by atoms with Crippen LogP contribution in [-0.4, -0.2) is 0 Å². The normalized spacial score (nSPS) is 19.4. The van der Waals surface area contributed by atoms with Crippen molar-refractivity contribution in [3.63, 3.8) is 0 Å². The Balaban J connectivity index is 2.03. The first-order chi connectivity index (χ1) is 6.27. The molecule has 0 N–H and O–H groups in total. The van der Waals surface area contributed by atoms with Crippen LogP contribution < -0.4 is 0 Å². The van der Waals surface area contributed by atoms with Crippen molar-refractivity contribution in [1.82, 2.24) is 0 Å². The van der Waals surface area contributed by atoms with E-state index in [1.165, 1.54) is 44.9 Å². The van der Waals surface area contributed by atoms with Gasteiger partial charge in [-0.2, -0.15) is 0 Å². The van der Waals surface area contributed by atoms with E-state index in [1.54, 1.807) is 0 Å². The van der Waals surface area contributed by atoms with Gasteiger partial charge >= 0.3 is 0 Å². The minimum absolute atomic E-state index is 0.966. The topological polar surface area (TPSA) is 0 Å². The van der Waals surface area contributed by atoms with Crippen LogP contribution in [0.3, 0.4) is 0 Å². The van der Waals surface area contributed by atoms with E-state index in [1.807, 2.05) is 0 Å². The van der Waals surface area contributed by atoms with Gasteiger partial charge in [-0.3, -0.25) is 0 Å². The first-order valence-corrected chi connectivity index (χ1v) is 6.27. The van der Waals surface area contributed by atoms with Gasteiger partial charge in [-0.05, 0) is 17.8 Å². The lowest BCUT2D eigenvalue weighted by atomic mass is 9.85. The van der Waals surface area contributed by atoms with Crippen LogP contribution in [0.1, 0.15) is 65.7 Å². The largest absolute Gasteiger partial charge is 0.0651 e. The average molecular weight is 182 g/mol. The number of rotatable bonds is 7. The summed E-state index contributed by atoms with van der Waals surface area (Å²) in [7, 11) is 0. The summed E-state index contributed by atoms with van der Waals surface area (Å²) >= 11 is 0. The average Bonchev–Trinajstić information content (AvgIpc) is 2.90. The molecule has 0 heteroatoms. The highest BCUT2D eigenvalue weighted by Gasteiger charge is 2.21. The van der Waals surface area contributed by atoms with E-state index in [9.17, 15) is 0 Å². The predicted octanol–water partition coefficient (Wildman–Crippen LogP) is 4.64. The van der Waals surface area contributed by atoms with Gasteiger partial charge < -0.3 is 0 Å². The Morgan fingerprint density at radius 1 is 1.15 bits per heavy atom. The molecule has 1 rings (SSSR count). The zero-order valence-corrected chi connectivity index (χ0v) is 9.68. The summed E-state index contributed by atoms with van der Waals surface area (Å²) in [5, 5.41) is 0. The summed E-state index contributed by atoms with van der Waals surface area (Å²) in [6.07, 6.45) is 10.3. The second kappa shape index (κ2) is 5.67. The van der Waals surface area contributed by atoms with Crippen molar-refractivity contribution >= 4 is 0 Å². The Morgan fingerprint density at radius 2 is 1.77 bits per heavy atom. The van der Waals surface area contributed by atoms with E-state index in [0.29, 0.717) is 0 Å². The van der Waals surface area contributed by atoms with Gasteiger partial charge in [0.05, 0.1) is 0 Å². The lowest BCUT2D eigenvalue weighted by Gasteiger charge is -2.20. The molecule has 0 amide bonds. The molecule has 0 nitrogen and oxygen atoms in total. The second-order valence-electron chi connectivity index (χ2n) is 4.93. The van der Waals surface area contributed by atoms with Crippen molar-refractivity contribution in [2.75, 3.05) is 0 Å². The molecule has 1 aliphatic rings. The molecule has 0 bridgehead atoms. The first-order valence-electron chi connectivity index (χ1n) is 6.27. The van der Waals surface area contributed by atoms with E-state index in [0.717, 1.165) is 17.8 Å². The molecule has 0 aromatic carbocycles. The summed E-state index contributed by atoms with van der Waals surface area (Å²) in [5.74, 6) is 3.09. The van der Waals surface area contributed by atoms with Gasteiger partial charge in [-0.25, -0.2) is 0 Å². The number of hydrogen-bond donors (Lipinski definition) is 0. The molecule has 0 aromatic heterocycles. The monoisotopic (exact) mass is 182 g/mol. The van der Waals surface area contributed by atoms with Crippen LogP contribution in [0.5, 0.6) is 0 Å². The third-order valence-corrected chi connectivity index (χ3v) is 3.82. The van der Waals surface area contributed by atoms with Crippen LogP contribution in [0.2, 0.25) is 0 Å². The molecule has 1 saturated carbocycles. The van der Waals surface area contributed by atoms with Crippen LogP contribution in [0.15, 0.2) is 0 Å². The lowest BCUT2D eigenvalue weighted by molar-refractivity contribution is 0.308. The molecule has 0 aromatic rings. The third-order valence-electron chi connectivity index (χ3n) is 3.82. The fourth-order valence-corrected chi connectivity index (χ4v) is 2.46. The van der Waals surface area contributed by atoms with E-state index < -0.39 is 0 Å². The molecular weight excluding hydrogens is 156 g/mol. The van der Waals surface area contributed by atoms with Crippen molar-refractivity contribution in [2.45, 2.75) is 65.7 Å². The Bertz CT molecular complexity index is 120. The maximum atomic E-state index is 2.45. The molecule has 1 atom stereocenters. The van der Waals surface area contributed by atoms with Gasteiger partial charge in [0, 0.05) is 0 Å². The van der Waals surface area contributed by atoms with Crippen LogP contribution in [0, 0.1) is 17.8 Å². The fourth-order valence-electron chi connectivity index (χ4n) is 2.46. The molecule has 1 aliphatic carbocycles. The molecule has 0 saturated heterocycles. The Morgan fingerprint density at radius 3 is 2.23 bits per heavy atom. The van der Waals surface area contributed by atoms with Crippen LogP contribution in [-0.2, 0) is 0 Å². The summed E-state index contributed by atoms with van der Waals surface area (Å²) in [6, 6.07) is 0. The molecule has 1 fully saturated rings. The minimum atomic E-state index is 0.966. The highest BCUT2D eigenvalue weighted by atomic mass is 14.3. The number of hydrogen-bond acceptors (Lipinski definition) is 0. The molecule has 0 aliphatic heterocycles. The predicted molar refractivity (Wildman–Crippen MR) is 59.8 cm³/mol. The van der Waals surface area contributed by atoms with E-state index in [2.05, 4.69) is 20.8 Å². The van der Waals surface area contributed by atoms with Crippen molar-refractivity contribution in [3.8, 4) is 0 Å². The van der Waals surface area contributed by atoms with Crippen molar-refractivity contribution in [3.05, 3.63) is 0 Å². The summed E-state index contributed by atoms with van der Waals surface area (Å²) in [5.41, 5.74) is 0. The summed E-state index contributed by atoms with van der Waals surface area (Å²) in [4.78, 5) is 0. The molecule has 0 spiro atoms. The van der Waals surface area contributed by atoms with Gasteiger partial charge in [-0.1, -0.05) is 65.7 Å². The molecule has 0 heterocycles. The van der Waals surface area contributed by atoms with Crippen molar-refractivity contribution in [2.24, 2.45) is 17.8 Å². The maximum absolute atomic E-state index is 2.45. The van der Waals surface area contributed by atoms with Gasteiger partial charge in [-0.15, -0.1) is 0 Å². The summed E-state index contributed by atoms with van der Waals surface area (Å²) < 4.78 is 0. The van der Waals surface area contributed by atoms with Crippen LogP contribution in [0.4, 0.5) is 0 Å². The lowest BCUT2D eigenvalue weighted by Crippen LogP contribution is -2.09. The third kappa shape index (κ3) is 4.15. The van der Waals surface area contributed by atoms with Gasteiger partial charge in [0.1, 0.15) is 0 Å².